The Balaban J connectivity index is 2.75. The van der Waals surface area contributed by atoms with Crippen molar-refractivity contribution in [3.63, 3.8) is 0 Å². The van der Waals surface area contributed by atoms with Crippen LogP contribution in [-0.2, 0) is 6.54 Å². The predicted octanol–water partition coefficient (Wildman–Crippen LogP) is 2.28. The fraction of sp³-hybridized carbons (Fsp3) is 0.429. The number of hydrogen-bond donors (Lipinski definition) is 1. The van der Waals surface area contributed by atoms with Crippen molar-refractivity contribution in [1.29, 1.82) is 0 Å². The third-order valence-corrected chi connectivity index (χ3v) is 2.70. The fourth-order valence-electron chi connectivity index (χ4n) is 1.77. The standard InChI is InChI=1S/C14H21NO/c1-4-7-15(8-9-16)11-14-10-12(2)5-6-13(14)3/h4-6,10,16H,1,7-9,11H2,2-3H3. The third kappa shape index (κ3) is 3.80. The summed E-state index contributed by atoms with van der Waals surface area (Å²) in [5.41, 5.74) is 3.91. The van der Waals surface area contributed by atoms with Gasteiger partial charge in [-0.2, -0.15) is 0 Å². The van der Waals surface area contributed by atoms with E-state index in [1.807, 2.05) is 6.08 Å². The summed E-state index contributed by atoms with van der Waals surface area (Å²) in [4.78, 5) is 2.19. The van der Waals surface area contributed by atoms with Gasteiger partial charge in [-0.3, -0.25) is 4.90 Å². The number of aliphatic hydroxyl groups is 1. The molecule has 2 nitrogen and oxygen atoms in total. The molecule has 1 aromatic rings. The van der Waals surface area contributed by atoms with E-state index in [2.05, 4.69) is 43.5 Å². The zero-order chi connectivity index (χ0) is 12.0. The maximum absolute atomic E-state index is 8.99. The zero-order valence-electron chi connectivity index (χ0n) is 10.2. The SMILES string of the molecule is C=CCN(CCO)Cc1cc(C)ccc1C. The first-order chi connectivity index (χ1) is 7.67. The molecule has 0 aliphatic heterocycles. The molecular formula is C14H21NO. The first kappa shape index (κ1) is 12.9. The molecule has 1 rings (SSSR count). The molecule has 0 unspecified atom stereocenters. The molecule has 0 atom stereocenters. The molecule has 88 valence electrons. The minimum Gasteiger partial charge on any atom is -0.395 e. The molecule has 0 aliphatic rings. The van der Waals surface area contributed by atoms with Gasteiger partial charge in [0.1, 0.15) is 0 Å². The normalized spacial score (nSPS) is 10.8. The van der Waals surface area contributed by atoms with Crippen molar-refractivity contribution in [2.45, 2.75) is 20.4 Å². The molecule has 1 aromatic carbocycles. The van der Waals surface area contributed by atoms with Gasteiger partial charge < -0.3 is 5.11 Å². The predicted molar refractivity (Wildman–Crippen MR) is 68.5 cm³/mol. The lowest BCUT2D eigenvalue weighted by atomic mass is 10.1. The van der Waals surface area contributed by atoms with E-state index in [9.17, 15) is 0 Å². The van der Waals surface area contributed by atoms with Crippen LogP contribution in [0.1, 0.15) is 16.7 Å². The molecule has 0 heterocycles. The largest absolute Gasteiger partial charge is 0.395 e. The lowest BCUT2D eigenvalue weighted by Gasteiger charge is -2.20. The highest BCUT2D eigenvalue weighted by molar-refractivity contribution is 5.30. The first-order valence-corrected chi connectivity index (χ1v) is 5.67. The molecule has 0 amide bonds. The van der Waals surface area contributed by atoms with Crippen molar-refractivity contribution in [1.82, 2.24) is 4.90 Å². The van der Waals surface area contributed by atoms with Crippen LogP contribution in [0.2, 0.25) is 0 Å². The molecule has 0 spiro atoms. The second kappa shape index (κ2) is 6.46. The van der Waals surface area contributed by atoms with Crippen molar-refractivity contribution in [2.24, 2.45) is 0 Å². The summed E-state index contributed by atoms with van der Waals surface area (Å²) >= 11 is 0. The number of aliphatic hydroxyl groups excluding tert-OH is 1. The van der Waals surface area contributed by atoms with Crippen LogP contribution in [0.4, 0.5) is 0 Å². The maximum atomic E-state index is 8.99. The van der Waals surface area contributed by atoms with E-state index in [1.165, 1.54) is 16.7 Å². The summed E-state index contributed by atoms with van der Waals surface area (Å²) in [5.74, 6) is 0. The molecule has 0 aromatic heterocycles. The Morgan fingerprint density at radius 1 is 1.38 bits per heavy atom. The Kier molecular flexibility index (Phi) is 5.23. The monoisotopic (exact) mass is 219 g/mol. The van der Waals surface area contributed by atoms with Crippen LogP contribution in [0, 0.1) is 13.8 Å². The van der Waals surface area contributed by atoms with Gasteiger partial charge in [-0.05, 0) is 25.0 Å². The summed E-state index contributed by atoms with van der Waals surface area (Å²) in [6, 6.07) is 6.49. The van der Waals surface area contributed by atoms with Gasteiger partial charge in [0.05, 0.1) is 6.61 Å². The summed E-state index contributed by atoms with van der Waals surface area (Å²) in [7, 11) is 0. The molecule has 0 saturated carbocycles. The van der Waals surface area contributed by atoms with Gasteiger partial charge in [0.2, 0.25) is 0 Å². The third-order valence-electron chi connectivity index (χ3n) is 2.70. The molecule has 2 heteroatoms. The summed E-state index contributed by atoms with van der Waals surface area (Å²) in [6.45, 7) is 10.5. The van der Waals surface area contributed by atoms with Crippen molar-refractivity contribution in [3.05, 3.63) is 47.5 Å². The van der Waals surface area contributed by atoms with E-state index in [-0.39, 0.29) is 6.61 Å². The molecule has 0 fully saturated rings. The Bertz CT molecular complexity index is 347. The fourth-order valence-corrected chi connectivity index (χ4v) is 1.77. The van der Waals surface area contributed by atoms with E-state index in [0.29, 0.717) is 6.54 Å². The van der Waals surface area contributed by atoms with Crippen LogP contribution < -0.4 is 0 Å². The van der Waals surface area contributed by atoms with Gasteiger partial charge >= 0.3 is 0 Å². The highest BCUT2D eigenvalue weighted by atomic mass is 16.3. The highest BCUT2D eigenvalue weighted by Crippen LogP contribution is 2.13. The van der Waals surface area contributed by atoms with E-state index >= 15 is 0 Å². The van der Waals surface area contributed by atoms with Gasteiger partial charge in [-0.15, -0.1) is 6.58 Å². The summed E-state index contributed by atoms with van der Waals surface area (Å²) in [6.07, 6.45) is 1.88. The molecule has 1 N–H and O–H groups in total. The number of hydrogen-bond acceptors (Lipinski definition) is 2. The minimum absolute atomic E-state index is 0.193. The van der Waals surface area contributed by atoms with Gasteiger partial charge in [0.15, 0.2) is 0 Å². The Morgan fingerprint density at radius 3 is 2.75 bits per heavy atom. The molecule has 0 radical (unpaired) electrons. The van der Waals surface area contributed by atoms with Crippen molar-refractivity contribution >= 4 is 0 Å². The Hall–Kier alpha value is -1.12. The number of aryl methyl sites for hydroxylation is 2. The van der Waals surface area contributed by atoms with E-state index in [4.69, 9.17) is 5.11 Å². The Morgan fingerprint density at radius 2 is 2.12 bits per heavy atom. The van der Waals surface area contributed by atoms with Crippen LogP contribution in [0.3, 0.4) is 0 Å². The molecule has 0 bridgehead atoms. The smallest absolute Gasteiger partial charge is 0.0558 e. The summed E-state index contributed by atoms with van der Waals surface area (Å²) < 4.78 is 0. The average molecular weight is 219 g/mol. The quantitative estimate of drug-likeness (QED) is 0.742. The number of nitrogens with zero attached hydrogens (tertiary/aromatic N) is 1. The van der Waals surface area contributed by atoms with Gasteiger partial charge in [-0.25, -0.2) is 0 Å². The van der Waals surface area contributed by atoms with Gasteiger partial charge in [0, 0.05) is 19.6 Å². The molecule has 0 aliphatic carbocycles. The van der Waals surface area contributed by atoms with E-state index in [0.717, 1.165) is 13.1 Å². The summed E-state index contributed by atoms with van der Waals surface area (Å²) in [5, 5.41) is 8.99. The van der Waals surface area contributed by atoms with Gasteiger partial charge in [-0.1, -0.05) is 29.8 Å². The van der Waals surface area contributed by atoms with Crippen LogP contribution in [0.25, 0.3) is 0 Å². The lowest BCUT2D eigenvalue weighted by molar-refractivity contribution is 0.203. The topological polar surface area (TPSA) is 23.5 Å². The van der Waals surface area contributed by atoms with E-state index in [1.54, 1.807) is 0 Å². The molecule has 0 saturated heterocycles. The van der Waals surface area contributed by atoms with Crippen LogP contribution in [0.15, 0.2) is 30.9 Å². The Labute approximate surface area is 98.2 Å². The zero-order valence-corrected chi connectivity index (χ0v) is 10.2. The second-order valence-corrected chi connectivity index (χ2v) is 4.18. The highest BCUT2D eigenvalue weighted by Gasteiger charge is 2.05. The molecular weight excluding hydrogens is 198 g/mol. The van der Waals surface area contributed by atoms with E-state index < -0.39 is 0 Å². The maximum Gasteiger partial charge on any atom is 0.0558 e. The van der Waals surface area contributed by atoms with Crippen LogP contribution in [0.5, 0.6) is 0 Å². The van der Waals surface area contributed by atoms with Crippen molar-refractivity contribution < 1.29 is 5.11 Å². The van der Waals surface area contributed by atoms with Crippen LogP contribution >= 0.6 is 0 Å². The van der Waals surface area contributed by atoms with Crippen molar-refractivity contribution in [2.75, 3.05) is 19.7 Å². The van der Waals surface area contributed by atoms with Gasteiger partial charge in [0.25, 0.3) is 0 Å². The number of benzene rings is 1. The molecule has 16 heavy (non-hydrogen) atoms. The van der Waals surface area contributed by atoms with Crippen molar-refractivity contribution in [3.8, 4) is 0 Å². The average Bonchev–Trinajstić information content (AvgIpc) is 2.24. The first-order valence-electron chi connectivity index (χ1n) is 5.67. The minimum atomic E-state index is 0.193. The second-order valence-electron chi connectivity index (χ2n) is 4.18. The van der Waals surface area contributed by atoms with Crippen LogP contribution in [-0.4, -0.2) is 29.7 Å². The number of rotatable bonds is 6. The lowest BCUT2D eigenvalue weighted by Crippen LogP contribution is -2.26.